The molecular formula is C25H21N3O2S. The number of rotatable bonds is 6. The van der Waals surface area contributed by atoms with Crippen molar-refractivity contribution in [2.45, 2.75) is 13.3 Å². The van der Waals surface area contributed by atoms with Crippen LogP contribution in [0.2, 0.25) is 0 Å². The van der Waals surface area contributed by atoms with Crippen molar-refractivity contribution in [1.82, 2.24) is 5.43 Å². The number of anilines is 1. The van der Waals surface area contributed by atoms with Gasteiger partial charge in [0, 0.05) is 5.69 Å². The lowest BCUT2D eigenvalue weighted by atomic mass is 10.0. The van der Waals surface area contributed by atoms with Crippen LogP contribution in [0.15, 0.2) is 89.3 Å². The van der Waals surface area contributed by atoms with Gasteiger partial charge in [0.1, 0.15) is 0 Å². The molecule has 0 spiro atoms. The second-order valence-electron chi connectivity index (χ2n) is 7.06. The number of amides is 2. The lowest BCUT2D eigenvalue weighted by molar-refractivity contribution is -0.120. The van der Waals surface area contributed by atoms with Crippen LogP contribution in [0.4, 0.5) is 5.69 Å². The van der Waals surface area contributed by atoms with Gasteiger partial charge in [-0.05, 0) is 52.4 Å². The van der Waals surface area contributed by atoms with Crippen LogP contribution in [0.5, 0.6) is 0 Å². The first-order chi connectivity index (χ1) is 15.1. The Hall–Kier alpha value is -3.77. The van der Waals surface area contributed by atoms with Crippen molar-refractivity contribution in [3.63, 3.8) is 0 Å². The van der Waals surface area contributed by atoms with Crippen molar-refractivity contribution in [3.8, 4) is 0 Å². The molecule has 2 amide bonds. The Morgan fingerprint density at radius 2 is 1.74 bits per heavy atom. The zero-order valence-corrected chi connectivity index (χ0v) is 17.8. The number of hydrazone groups is 1. The Kier molecular flexibility index (Phi) is 6.19. The standard InChI is InChI=1S/C25H21N3O2S/c1-17(19-9-5-11-21(15-19)26-25(30)23-13-6-14-31-23)27-28-24(29)16-20-10-4-8-18-7-2-3-12-22(18)20/h2-15H,16H2,1H3,(H,26,30)(H,28,29)/b27-17-. The maximum Gasteiger partial charge on any atom is 0.265 e. The molecule has 4 rings (SSSR count). The highest BCUT2D eigenvalue weighted by Crippen LogP contribution is 2.19. The fraction of sp³-hybridized carbons (Fsp3) is 0.0800. The van der Waals surface area contributed by atoms with Gasteiger partial charge in [0.15, 0.2) is 0 Å². The van der Waals surface area contributed by atoms with Crippen molar-refractivity contribution >= 4 is 45.3 Å². The van der Waals surface area contributed by atoms with E-state index in [0.29, 0.717) is 16.3 Å². The van der Waals surface area contributed by atoms with Crippen molar-refractivity contribution < 1.29 is 9.59 Å². The number of nitrogens with one attached hydrogen (secondary N) is 2. The van der Waals surface area contributed by atoms with Gasteiger partial charge < -0.3 is 5.32 Å². The lowest BCUT2D eigenvalue weighted by Crippen LogP contribution is -2.21. The molecule has 31 heavy (non-hydrogen) atoms. The summed E-state index contributed by atoms with van der Waals surface area (Å²) in [5.74, 6) is -0.331. The van der Waals surface area contributed by atoms with Crippen LogP contribution in [0, 0.1) is 0 Å². The van der Waals surface area contributed by atoms with Crippen LogP contribution in [-0.2, 0) is 11.2 Å². The number of fused-ring (bicyclic) bond motifs is 1. The van der Waals surface area contributed by atoms with Crippen LogP contribution in [0.1, 0.15) is 27.7 Å². The minimum absolute atomic E-state index is 0.148. The number of nitrogens with zero attached hydrogens (tertiary/aromatic N) is 1. The fourth-order valence-corrected chi connectivity index (χ4v) is 3.91. The zero-order valence-electron chi connectivity index (χ0n) is 17.0. The summed E-state index contributed by atoms with van der Waals surface area (Å²) in [6.45, 7) is 1.82. The predicted octanol–water partition coefficient (Wildman–Crippen LogP) is 5.24. The molecule has 4 aromatic rings. The molecule has 0 aliphatic rings. The number of thiophene rings is 1. The third-order valence-corrected chi connectivity index (χ3v) is 5.73. The molecule has 2 N–H and O–H groups in total. The minimum Gasteiger partial charge on any atom is -0.321 e. The third-order valence-electron chi connectivity index (χ3n) is 4.86. The molecular weight excluding hydrogens is 406 g/mol. The number of hydrogen-bond acceptors (Lipinski definition) is 4. The number of hydrogen-bond donors (Lipinski definition) is 2. The second-order valence-corrected chi connectivity index (χ2v) is 8.01. The molecule has 0 aliphatic heterocycles. The van der Waals surface area contributed by atoms with E-state index >= 15 is 0 Å². The summed E-state index contributed by atoms with van der Waals surface area (Å²) in [5.41, 5.74) is 5.74. The van der Waals surface area contributed by atoms with E-state index in [0.717, 1.165) is 21.9 Å². The summed E-state index contributed by atoms with van der Waals surface area (Å²) >= 11 is 1.39. The van der Waals surface area contributed by atoms with Crippen LogP contribution in [0.25, 0.3) is 10.8 Å². The van der Waals surface area contributed by atoms with Gasteiger partial charge >= 0.3 is 0 Å². The topological polar surface area (TPSA) is 70.6 Å². The summed E-state index contributed by atoms with van der Waals surface area (Å²) in [5, 5.41) is 11.2. The second kappa shape index (κ2) is 9.36. The van der Waals surface area contributed by atoms with Crippen molar-refractivity contribution in [2.75, 3.05) is 5.32 Å². The van der Waals surface area contributed by atoms with Crippen LogP contribution in [0.3, 0.4) is 0 Å². The lowest BCUT2D eigenvalue weighted by Gasteiger charge is -2.08. The van der Waals surface area contributed by atoms with Gasteiger partial charge in [-0.2, -0.15) is 5.10 Å². The van der Waals surface area contributed by atoms with E-state index in [9.17, 15) is 9.59 Å². The summed E-state index contributed by atoms with van der Waals surface area (Å²) in [6.07, 6.45) is 0.245. The van der Waals surface area contributed by atoms with Crippen LogP contribution in [-0.4, -0.2) is 17.5 Å². The maximum absolute atomic E-state index is 12.5. The Bertz CT molecular complexity index is 1260. The average molecular weight is 428 g/mol. The van der Waals surface area contributed by atoms with Gasteiger partial charge in [-0.25, -0.2) is 5.43 Å². The van der Waals surface area contributed by atoms with E-state index in [1.54, 1.807) is 6.07 Å². The van der Waals surface area contributed by atoms with Gasteiger partial charge in [0.2, 0.25) is 5.91 Å². The first-order valence-electron chi connectivity index (χ1n) is 9.85. The van der Waals surface area contributed by atoms with Gasteiger partial charge in [-0.3, -0.25) is 9.59 Å². The van der Waals surface area contributed by atoms with E-state index in [4.69, 9.17) is 0 Å². The molecule has 0 aliphatic carbocycles. The predicted molar refractivity (Wildman–Crippen MR) is 127 cm³/mol. The van der Waals surface area contributed by atoms with E-state index in [-0.39, 0.29) is 18.2 Å². The van der Waals surface area contributed by atoms with Gasteiger partial charge in [0.05, 0.1) is 17.0 Å². The Morgan fingerprint density at radius 1 is 0.935 bits per heavy atom. The van der Waals surface area contributed by atoms with Crippen LogP contribution < -0.4 is 10.7 Å². The zero-order chi connectivity index (χ0) is 21.6. The molecule has 3 aromatic carbocycles. The van der Waals surface area contributed by atoms with E-state index < -0.39 is 0 Å². The molecule has 1 aromatic heterocycles. The normalized spacial score (nSPS) is 11.3. The van der Waals surface area contributed by atoms with Crippen molar-refractivity contribution in [1.29, 1.82) is 0 Å². The smallest absolute Gasteiger partial charge is 0.265 e. The molecule has 0 saturated heterocycles. The molecule has 1 heterocycles. The fourth-order valence-electron chi connectivity index (χ4n) is 3.29. The first kappa shape index (κ1) is 20.5. The molecule has 0 radical (unpaired) electrons. The Balaban J connectivity index is 1.42. The Labute approximate surface area is 184 Å². The van der Waals surface area contributed by atoms with E-state index in [1.807, 2.05) is 85.1 Å². The minimum atomic E-state index is -0.183. The van der Waals surface area contributed by atoms with Gasteiger partial charge in [-0.1, -0.05) is 60.7 Å². The molecule has 0 bridgehead atoms. The summed E-state index contributed by atoms with van der Waals surface area (Å²) < 4.78 is 0. The number of carbonyl (C=O) groups excluding carboxylic acids is 2. The first-order valence-corrected chi connectivity index (χ1v) is 10.7. The van der Waals surface area contributed by atoms with Crippen molar-refractivity contribution in [3.05, 3.63) is 100 Å². The maximum atomic E-state index is 12.5. The average Bonchev–Trinajstić information content (AvgIpc) is 3.33. The van der Waals surface area contributed by atoms with Crippen molar-refractivity contribution in [2.24, 2.45) is 5.10 Å². The quantitative estimate of drug-likeness (QED) is 0.326. The molecule has 0 atom stereocenters. The largest absolute Gasteiger partial charge is 0.321 e. The van der Waals surface area contributed by atoms with E-state index in [1.165, 1.54) is 11.3 Å². The Morgan fingerprint density at radius 3 is 2.58 bits per heavy atom. The molecule has 6 heteroatoms. The molecule has 0 unspecified atom stereocenters. The SMILES string of the molecule is C/C(=N/NC(=O)Cc1cccc2ccccc12)c1cccc(NC(=O)c2cccs2)c1. The number of benzene rings is 3. The molecule has 154 valence electrons. The van der Waals surface area contributed by atoms with Gasteiger partial charge in [-0.15, -0.1) is 11.3 Å². The molecule has 0 fully saturated rings. The summed E-state index contributed by atoms with van der Waals surface area (Å²) in [4.78, 5) is 25.4. The number of carbonyl (C=O) groups is 2. The van der Waals surface area contributed by atoms with E-state index in [2.05, 4.69) is 15.8 Å². The molecule has 5 nitrogen and oxygen atoms in total. The summed E-state index contributed by atoms with van der Waals surface area (Å²) in [6, 6.07) is 24.9. The monoisotopic (exact) mass is 427 g/mol. The third kappa shape index (κ3) is 5.05. The molecule has 0 saturated carbocycles. The highest BCUT2D eigenvalue weighted by Gasteiger charge is 2.09. The highest BCUT2D eigenvalue weighted by molar-refractivity contribution is 7.12. The summed E-state index contributed by atoms with van der Waals surface area (Å²) in [7, 11) is 0. The van der Waals surface area contributed by atoms with Crippen LogP contribution >= 0.6 is 11.3 Å². The van der Waals surface area contributed by atoms with Gasteiger partial charge in [0.25, 0.3) is 5.91 Å². The highest BCUT2D eigenvalue weighted by atomic mass is 32.1.